The van der Waals surface area contributed by atoms with Crippen LogP contribution in [0.2, 0.25) is 0 Å². The second-order valence-electron chi connectivity index (χ2n) is 4.90. The minimum Gasteiger partial charge on any atom is -0.479 e. The zero-order valence-electron chi connectivity index (χ0n) is 10.1. The van der Waals surface area contributed by atoms with Crippen molar-refractivity contribution in [2.24, 2.45) is 0 Å². The van der Waals surface area contributed by atoms with Crippen LogP contribution in [0.1, 0.15) is 44.3 Å². The van der Waals surface area contributed by atoms with Gasteiger partial charge in [0.05, 0.1) is 5.60 Å². The molecule has 17 heavy (non-hydrogen) atoms. The molecule has 0 bridgehead atoms. The van der Waals surface area contributed by atoms with Crippen LogP contribution in [0.15, 0.2) is 30.3 Å². The zero-order chi connectivity index (χ0) is 12.3. The van der Waals surface area contributed by atoms with E-state index in [1.54, 1.807) is 12.1 Å². The first-order chi connectivity index (χ1) is 8.11. The van der Waals surface area contributed by atoms with E-state index in [0.717, 1.165) is 25.7 Å². The monoisotopic (exact) mass is 234 g/mol. The Balaban J connectivity index is 2.16. The van der Waals surface area contributed by atoms with E-state index in [4.69, 9.17) is 4.74 Å². The van der Waals surface area contributed by atoms with E-state index < -0.39 is 12.1 Å². The average molecular weight is 234 g/mol. The third kappa shape index (κ3) is 2.86. The van der Waals surface area contributed by atoms with Crippen molar-refractivity contribution >= 4 is 5.97 Å². The molecule has 1 fully saturated rings. The smallest absolute Gasteiger partial charge is 0.337 e. The lowest BCUT2D eigenvalue weighted by Gasteiger charge is -2.28. The van der Waals surface area contributed by atoms with Crippen molar-refractivity contribution in [2.75, 3.05) is 0 Å². The molecule has 0 spiro atoms. The fraction of sp³-hybridized carbons (Fsp3) is 0.500. The molecular formula is C14H18O3. The van der Waals surface area contributed by atoms with Gasteiger partial charge >= 0.3 is 5.97 Å². The number of hydrogen-bond acceptors (Lipinski definition) is 2. The Kier molecular flexibility index (Phi) is 3.48. The summed E-state index contributed by atoms with van der Waals surface area (Å²) < 4.78 is 5.85. The van der Waals surface area contributed by atoms with E-state index >= 15 is 0 Å². The summed E-state index contributed by atoms with van der Waals surface area (Å²) in [6.45, 7) is 2.01. The molecule has 1 aromatic carbocycles. The molecule has 92 valence electrons. The third-order valence-electron chi connectivity index (χ3n) is 3.39. The zero-order valence-corrected chi connectivity index (χ0v) is 10.1. The first kappa shape index (κ1) is 12.1. The van der Waals surface area contributed by atoms with Crippen LogP contribution in [-0.2, 0) is 9.53 Å². The standard InChI is InChI=1S/C14H18O3/c1-14(9-5-6-10-14)17-12(13(15)16)11-7-3-2-4-8-11/h2-4,7-8,12H,5-6,9-10H2,1H3,(H,15,16). The Morgan fingerprint density at radius 1 is 1.29 bits per heavy atom. The van der Waals surface area contributed by atoms with Crippen LogP contribution in [0.4, 0.5) is 0 Å². The van der Waals surface area contributed by atoms with Crippen molar-refractivity contribution < 1.29 is 14.6 Å². The van der Waals surface area contributed by atoms with Gasteiger partial charge in [0.2, 0.25) is 0 Å². The van der Waals surface area contributed by atoms with E-state index in [0.29, 0.717) is 5.56 Å². The number of aliphatic carboxylic acids is 1. The van der Waals surface area contributed by atoms with Crippen molar-refractivity contribution in [2.45, 2.75) is 44.3 Å². The highest BCUT2D eigenvalue weighted by Gasteiger charge is 2.35. The summed E-state index contributed by atoms with van der Waals surface area (Å²) in [6.07, 6.45) is 3.29. The summed E-state index contributed by atoms with van der Waals surface area (Å²) in [6, 6.07) is 9.16. The summed E-state index contributed by atoms with van der Waals surface area (Å²) in [5.41, 5.74) is 0.437. The molecule has 0 aliphatic heterocycles. The van der Waals surface area contributed by atoms with Gasteiger partial charge in [-0.1, -0.05) is 43.2 Å². The number of benzene rings is 1. The number of carboxylic acid groups (broad SMARTS) is 1. The highest BCUT2D eigenvalue weighted by atomic mass is 16.5. The molecule has 0 amide bonds. The summed E-state index contributed by atoms with van der Waals surface area (Å²) in [4.78, 5) is 11.3. The summed E-state index contributed by atoms with van der Waals surface area (Å²) in [7, 11) is 0. The summed E-state index contributed by atoms with van der Waals surface area (Å²) in [5.74, 6) is -0.913. The topological polar surface area (TPSA) is 46.5 Å². The molecule has 3 heteroatoms. The summed E-state index contributed by atoms with van der Waals surface area (Å²) in [5, 5.41) is 9.28. The molecular weight excluding hydrogens is 216 g/mol. The molecule has 1 N–H and O–H groups in total. The Morgan fingerprint density at radius 2 is 1.88 bits per heavy atom. The SMILES string of the molecule is CC1(OC(C(=O)O)c2ccccc2)CCCC1. The van der Waals surface area contributed by atoms with Gasteiger partial charge < -0.3 is 9.84 Å². The van der Waals surface area contributed by atoms with Crippen LogP contribution in [0.3, 0.4) is 0 Å². The molecule has 0 saturated heterocycles. The maximum Gasteiger partial charge on any atom is 0.337 e. The highest BCUT2D eigenvalue weighted by Crippen LogP contribution is 2.37. The van der Waals surface area contributed by atoms with Crippen molar-refractivity contribution in [1.82, 2.24) is 0 Å². The van der Waals surface area contributed by atoms with Gasteiger partial charge in [-0.3, -0.25) is 0 Å². The maximum atomic E-state index is 11.3. The molecule has 1 unspecified atom stereocenters. The number of rotatable bonds is 4. The lowest BCUT2D eigenvalue weighted by Crippen LogP contribution is -2.30. The quantitative estimate of drug-likeness (QED) is 0.870. The molecule has 1 saturated carbocycles. The predicted octanol–water partition coefficient (Wildman–Crippen LogP) is 3.16. The first-order valence-electron chi connectivity index (χ1n) is 6.06. The van der Waals surface area contributed by atoms with E-state index in [9.17, 15) is 9.90 Å². The predicted molar refractivity (Wildman–Crippen MR) is 64.8 cm³/mol. The molecule has 1 aromatic rings. The molecule has 0 aromatic heterocycles. The number of carboxylic acids is 1. The Bertz CT molecular complexity index is 380. The van der Waals surface area contributed by atoms with Crippen molar-refractivity contribution in [3.8, 4) is 0 Å². The minimum absolute atomic E-state index is 0.279. The summed E-state index contributed by atoms with van der Waals surface area (Å²) >= 11 is 0. The lowest BCUT2D eigenvalue weighted by molar-refractivity contribution is -0.163. The van der Waals surface area contributed by atoms with Gasteiger partial charge in [0.1, 0.15) is 0 Å². The van der Waals surface area contributed by atoms with Crippen LogP contribution < -0.4 is 0 Å². The van der Waals surface area contributed by atoms with E-state index in [1.165, 1.54) is 0 Å². The van der Waals surface area contributed by atoms with Crippen LogP contribution in [0.25, 0.3) is 0 Å². The van der Waals surface area contributed by atoms with Gasteiger partial charge in [-0.2, -0.15) is 0 Å². The second kappa shape index (κ2) is 4.88. The Labute approximate surface area is 101 Å². The minimum atomic E-state index is -0.913. The largest absolute Gasteiger partial charge is 0.479 e. The van der Waals surface area contributed by atoms with Gasteiger partial charge in [0.25, 0.3) is 0 Å². The van der Waals surface area contributed by atoms with Crippen molar-refractivity contribution in [3.63, 3.8) is 0 Å². The number of hydrogen-bond donors (Lipinski definition) is 1. The van der Waals surface area contributed by atoms with Crippen molar-refractivity contribution in [1.29, 1.82) is 0 Å². The van der Waals surface area contributed by atoms with Crippen LogP contribution in [0.5, 0.6) is 0 Å². The molecule has 2 rings (SSSR count). The second-order valence-corrected chi connectivity index (χ2v) is 4.90. The van der Waals surface area contributed by atoms with Gasteiger partial charge in [0.15, 0.2) is 6.10 Å². The molecule has 3 nitrogen and oxygen atoms in total. The van der Waals surface area contributed by atoms with Gasteiger partial charge in [-0.15, -0.1) is 0 Å². The molecule has 1 atom stereocenters. The molecule has 0 radical (unpaired) electrons. The van der Waals surface area contributed by atoms with Gasteiger partial charge in [0, 0.05) is 0 Å². The molecule has 0 heterocycles. The fourth-order valence-electron chi connectivity index (χ4n) is 2.41. The maximum absolute atomic E-state index is 11.3. The third-order valence-corrected chi connectivity index (χ3v) is 3.39. The fourth-order valence-corrected chi connectivity index (χ4v) is 2.41. The Hall–Kier alpha value is -1.35. The van der Waals surface area contributed by atoms with E-state index in [-0.39, 0.29) is 5.60 Å². The van der Waals surface area contributed by atoms with E-state index in [1.807, 2.05) is 25.1 Å². The lowest BCUT2D eigenvalue weighted by atomic mass is 10.0. The van der Waals surface area contributed by atoms with Crippen LogP contribution in [-0.4, -0.2) is 16.7 Å². The average Bonchev–Trinajstić information content (AvgIpc) is 2.74. The molecule has 1 aliphatic carbocycles. The Morgan fingerprint density at radius 3 is 2.41 bits per heavy atom. The van der Waals surface area contributed by atoms with Crippen molar-refractivity contribution in [3.05, 3.63) is 35.9 Å². The van der Waals surface area contributed by atoms with Crippen LogP contribution >= 0.6 is 0 Å². The number of ether oxygens (including phenoxy) is 1. The van der Waals surface area contributed by atoms with Gasteiger partial charge in [-0.25, -0.2) is 4.79 Å². The van der Waals surface area contributed by atoms with Crippen LogP contribution in [0, 0.1) is 0 Å². The molecule has 1 aliphatic rings. The van der Waals surface area contributed by atoms with E-state index in [2.05, 4.69) is 0 Å². The highest BCUT2D eigenvalue weighted by molar-refractivity contribution is 5.74. The normalized spacial score (nSPS) is 20.1. The number of carbonyl (C=O) groups is 1. The van der Waals surface area contributed by atoms with Gasteiger partial charge in [-0.05, 0) is 25.3 Å². The first-order valence-corrected chi connectivity index (χ1v) is 6.06.